The van der Waals surface area contributed by atoms with E-state index in [-0.39, 0.29) is 32.0 Å². The van der Waals surface area contributed by atoms with E-state index >= 15 is 0 Å². The van der Waals surface area contributed by atoms with Gasteiger partial charge < -0.3 is 36.6 Å². The van der Waals surface area contributed by atoms with Crippen LogP contribution in [0.3, 0.4) is 0 Å². The van der Waals surface area contributed by atoms with Crippen molar-refractivity contribution in [3.63, 3.8) is 0 Å². The summed E-state index contributed by atoms with van der Waals surface area (Å²) in [5, 5.41) is 6.68. The number of nitrogens with one attached hydrogen (secondary N) is 3. The number of nitrogens with two attached hydrogens (primary N) is 2. The van der Waals surface area contributed by atoms with Crippen molar-refractivity contribution in [1.29, 1.82) is 0 Å². The number of amides is 1. The highest BCUT2D eigenvalue weighted by molar-refractivity contribution is 5.97. The summed E-state index contributed by atoms with van der Waals surface area (Å²) in [4.78, 5) is 47.8. The fraction of sp³-hybridized carbons (Fsp3) is 0.375. The Kier molecular flexibility index (Phi) is 9.03. The van der Waals surface area contributed by atoms with E-state index in [4.69, 9.17) is 20.9 Å². The molecule has 1 atom stereocenters. The smallest absolute Gasteiger partial charge is 0.328 e. The molecule has 3 aromatic rings. The summed E-state index contributed by atoms with van der Waals surface area (Å²) < 4.78 is 9.92. The lowest BCUT2D eigenvalue weighted by Gasteiger charge is -2.17. The number of hydrogen-bond donors (Lipinski definition) is 5. The van der Waals surface area contributed by atoms with Crippen molar-refractivity contribution < 1.29 is 23.9 Å². The summed E-state index contributed by atoms with van der Waals surface area (Å²) in [6.45, 7) is 4.38. The molecule has 12 nitrogen and oxygen atoms in total. The lowest BCUT2D eigenvalue weighted by Crippen LogP contribution is -2.42. The number of anilines is 3. The van der Waals surface area contributed by atoms with Gasteiger partial charge in [-0.25, -0.2) is 4.79 Å². The zero-order valence-corrected chi connectivity index (χ0v) is 20.3. The summed E-state index contributed by atoms with van der Waals surface area (Å²) >= 11 is 0. The number of carbonyl (C=O) groups is 3. The summed E-state index contributed by atoms with van der Waals surface area (Å²) in [6, 6.07) is 5.86. The van der Waals surface area contributed by atoms with Crippen LogP contribution in [0.1, 0.15) is 42.6 Å². The van der Waals surface area contributed by atoms with Crippen molar-refractivity contribution >= 4 is 46.3 Å². The number of H-pyrrole nitrogens is 1. The molecule has 0 saturated heterocycles. The molecule has 0 radical (unpaired) electrons. The van der Waals surface area contributed by atoms with Gasteiger partial charge in [0.05, 0.1) is 18.6 Å². The van der Waals surface area contributed by atoms with Gasteiger partial charge in [-0.15, -0.1) is 0 Å². The SMILES string of the molecule is CCOC(=O)CC[C@H](NC(=O)c1ccc(NCCc2c[nH]c3nc(N)nc(N)c23)cc1)C(=O)OCC. The van der Waals surface area contributed by atoms with Crippen molar-refractivity contribution in [2.45, 2.75) is 39.2 Å². The molecule has 0 unspecified atom stereocenters. The van der Waals surface area contributed by atoms with Gasteiger partial charge in [0, 0.05) is 30.4 Å². The van der Waals surface area contributed by atoms with Crippen molar-refractivity contribution in [1.82, 2.24) is 20.3 Å². The molecule has 12 heteroatoms. The molecule has 7 N–H and O–H groups in total. The number of ether oxygens (including phenoxy) is 2. The topological polar surface area (TPSA) is 187 Å². The van der Waals surface area contributed by atoms with Crippen LogP contribution in [0.2, 0.25) is 0 Å². The maximum Gasteiger partial charge on any atom is 0.328 e. The first kappa shape index (κ1) is 26.3. The molecule has 3 rings (SSSR count). The van der Waals surface area contributed by atoms with E-state index < -0.39 is 23.9 Å². The quantitative estimate of drug-likeness (QED) is 0.231. The molecule has 2 aromatic heterocycles. The fourth-order valence-corrected chi connectivity index (χ4v) is 3.65. The maximum absolute atomic E-state index is 12.7. The third-order valence-electron chi connectivity index (χ3n) is 5.35. The van der Waals surface area contributed by atoms with Gasteiger partial charge in [-0.1, -0.05) is 0 Å². The van der Waals surface area contributed by atoms with E-state index in [2.05, 4.69) is 25.6 Å². The van der Waals surface area contributed by atoms with Gasteiger partial charge in [0.25, 0.3) is 5.91 Å². The summed E-state index contributed by atoms with van der Waals surface area (Å²) in [5.74, 6) is -1.05. The number of fused-ring (bicyclic) bond motifs is 1. The van der Waals surface area contributed by atoms with Crippen LogP contribution in [0.25, 0.3) is 11.0 Å². The largest absolute Gasteiger partial charge is 0.466 e. The molecular weight excluding hydrogens is 466 g/mol. The highest BCUT2D eigenvalue weighted by atomic mass is 16.5. The second-order valence-corrected chi connectivity index (χ2v) is 7.88. The molecule has 2 heterocycles. The molecule has 0 bridgehead atoms. The maximum atomic E-state index is 12.7. The van der Waals surface area contributed by atoms with Crippen LogP contribution in [0.15, 0.2) is 30.5 Å². The Labute approximate surface area is 208 Å². The van der Waals surface area contributed by atoms with Gasteiger partial charge in [0.2, 0.25) is 5.95 Å². The summed E-state index contributed by atoms with van der Waals surface area (Å²) in [5.41, 5.74) is 14.3. The zero-order valence-electron chi connectivity index (χ0n) is 20.3. The first-order valence-corrected chi connectivity index (χ1v) is 11.7. The van der Waals surface area contributed by atoms with Crippen molar-refractivity contribution in [2.24, 2.45) is 0 Å². The van der Waals surface area contributed by atoms with Gasteiger partial charge >= 0.3 is 11.9 Å². The Morgan fingerprint density at radius 3 is 2.47 bits per heavy atom. The number of rotatable bonds is 12. The molecule has 1 aromatic carbocycles. The Hall–Kier alpha value is -4.35. The second kappa shape index (κ2) is 12.4. The highest BCUT2D eigenvalue weighted by Crippen LogP contribution is 2.23. The predicted molar refractivity (Wildman–Crippen MR) is 135 cm³/mol. The fourth-order valence-electron chi connectivity index (χ4n) is 3.65. The van der Waals surface area contributed by atoms with Crippen LogP contribution in [-0.2, 0) is 25.5 Å². The minimum absolute atomic E-state index is 0.0119. The van der Waals surface area contributed by atoms with Crippen molar-refractivity contribution in [3.05, 3.63) is 41.6 Å². The minimum atomic E-state index is -0.956. The first-order valence-electron chi connectivity index (χ1n) is 11.7. The number of aromatic nitrogens is 3. The standard InChI is InChI=1S/C24H31N7O5/c1-3-35-18(32)10-9-17(23(34)36-4-2)29-22(33)14-5-7-16(8-6-14)27-12-11-15-13-28-21-19(15)20(25)30-24(26)31-21/h5-8,13,17,27H,3-4,9-12H2,1-2H3,(H,29,33)(H5,25,26,28,30,31)/t17-/m0/s1. The van der Waals surface area contributed by atoms with Crippen LogP contribution in [0, 0.1) is 0 Å². The second-order valence-electron chi connectivity index (χ2n) is 7.88. The van der Waals surface area contributed by atoms with E-state index in [0.29, 0.717) is 30.0 Å². The molecule has 1 amide bonds. The van der Waals surface area contributed by atoms with Gasteiger partial charge in [0.1, 0.15) is 17.5 Å². The van der Waals surface area contributed by atoms with Crippen LogP contribution in [-0.4, -0.2) is 58.6 Å². The number of hydrogen-bond acceptors (Lipinski definition) is 10. The number of esters is 2. The number of nitrogen functional groups attached to an aromatic ring is 2. The van der Waals surface area contributed by atoms with Crippen LogP contribution in [0.5, 0.6) is 0 Å². The molecule has 0 aliphatic rings. The van der Waals surface area contributed by atoms with E-state index in [0.717, 1.165) is 16.6 Å². The summed E-state index contributed by atoms with van der Waals surface area (Å²) in [7, 11) is 0. The molecule has 36 heavy (non-hydrogen) atoms. The first-order chi connectivity index (χ1) is 17.3. The molecule has 0 saturated carbocycles. The van der Waals surface area contributed by atoms with E-state index in [1.54, 1.807) is 38.1 Å². The van der Waals surface area contributed by atoms with Gasteiger partial charge in [-0.2, -0.15) is 9.97 Å². The number of aromatic amines is 1. The minimum Gasteiger partial charge on any atom is -0.466 e. The Bertz CT molecular complexity index is 1210. The predicted octanol–water partition coefficient (Wildman–Crippen LogP) is 1.78. The Morgan fingerprint density at radius 1 is 1.06 bits per heavy atom. The molecule has 192 valence electrons. The Balaban J connectivity index is 1.56. The van der Waals surface area contributed by atoms with Gasteiger partial charge in [-0.05, 0) is 56.5 Å². The molecule has 0 fully saturated rings. The average molecular weight is 498 g/mol. The summed E-state index contributed by atoms with van der Waals surface area (Å²) in [6.07, 6.45) is 2.55. The third-order valence-corrected chi connectivity index (χ3v) is 5.35. The van der Waals surface area contributed by atoms with Crippen molar-refractivity contribution in [2.75, 3.05) is 36.5 Å². The van der Waals surface area contributed by atoms with Crippen molar-refractivity contribution in [3.8, 4) is 0 Å². The van der Waals surface area contributed by atoms with Gasteiger partial charge in [0.15, 0.2) is 0 Å². The third kappa shape index (κ3) is 6.84. The monoisotopic (exact) mass is 497 g/mol. The molecular formula is C24H31N7O5. The van der Waals surface area contributed by atoms with E-state index in [9.17, 15) is 14.4 Å². The van der Waals surface area contributed by atoms with Crippen LogP contribution < -0.4 is 22.1 Å². The number of benzene rings is 1. The van der Waals surface area contributed by atoms with Crippen LogP contribution in [0.4, 0.5) is 17.5 Å². The zero-order chi connectivity index (χ0) is 26.1. The lowest BCUT2D eigenvalue weighted by molar-refractivity contribution is -0.146. The number of nitrogens with zero attached hydrogens (tertiary/aromatic N) is 2. The highest BCUT2D eigenvalue weighted by Gasteiger charge is 2.24. The van der Waals surface area contributed by atoms with Crippen LogP contribution >= 0.6 is 0 Å². The molecule has 0 aliphatic heterocycles. The van der Waals surface area contributed by atoms with Gasteiger partial charge in [-0.3, -0.25) is 9.59 Å². The normalized spacial score (nSPS) is 11.6. The molecule has 0 spiro atoms. The lowest BCUT2D eigenvalue weighted by atomic mass is 10.1. The molecule has 0 aliphatic carbocycles. The number of carbonyl (C=O) groups excluding carboxylic acids is 3. The van der Waals surface area contributed by atoms with E-state index in [1.807, 2.05) is 6.20 Å². The Morgan fingerprint density at radius 2 is 1.78 bits per heavy atom. The average Bonchev–Trinajstić information content (AvgIpc) is 3.25. The van der Waals surface area contributed by atoms with E-state index in [1.165, 1.54) is 0 Å².